The molecule has 0 aromatic carbocycles. The lowest BCUT2D eigenvalue weighted by Crippen LogP contribution is -2.29. The van der Waals surface area contributed by atoms with Gasteiger partial charge in [0.15, 0.2) is 0 Å². The van der Waals surface area contributed by atoms with Crippen LogP contribution in [-0.4, -0.2) is 46.2 Å². The Kier molecular flexibility index (Phi) is 6.29. The van der Waals surface area contributed by atoms with E-state index in [0.717, 1.165) is 4.90 Å². The van der Waals surface area contributed by atoms with Crippen LogP contribution in [0, 0.1) is 10.1 Å². The van der Waals surface area contributed by atoms with Crippen LogP contribution in [0.5, 0.6) is 5.88 Å². The molecule has 1 aromatic rings. The van der Waals surface area contributed by atoms with Gasteiger partial charge >= 0.3 is 6.09 Å². The fourth-order valence-corrected chi connectivity index (χ4v) is 2.05. The molecule has 0 saturated heterocycles. The molecule has 23 heavy (non-hydrogen) atoms. The quantitative estimate of drug-likeness (QED) is 0.609. The van der Waals surface area contributed by atoms with Gasteiger partial charge in [-0.3, -0.25) is 10.1 Å². The summed E-state index contributed by atoms with van der Waals surface area (Å²) in [7, 11) is 1.44. The Balaban J connectivity index is 3.10. The zero-order valence-electron chi connectivity index (χ0n) is 14.1. The summed E-state index contributed by atoms with van der Waals surface area (Å²) in [6.45, 7) is 7.72. The van der Waals surface area contributed by atoms with Crippen molar-refractivity contribution < 1.29 is 19.6 Å². The van der Waals surface area contributed by atoms with Crippen molar-refractivity contribution in [3.8, 4) is 5.88 Å². The lowest BCUT2D eigenvalue weighted by atomic mass is 9.97. The number of rotatable bonds is 7. The van der Waals surface area contributed by atoms with Gasteiger partial charge in [0.2, 0.25) is 5.88 Å². The van der Waals surface area contributed by atoms with Gasteiger partial charge in [0.05, 0.1) is 11.5 Å². The summed E-state index contributed by atoms with van der Waals surface area (Å²) < 4.78 is 5.50. The number of hydrogen-bond donors (Lipinski definition) is 1. The predicted molar refractivity (Wildman–Crippen MR) is 85.2 cm³/mol. The number of carboxylic acid groups (broad SMARTS) is 1. The molecule has 8 heteroatoms. The minimum atomic E-state index is -1.05. The summed E-state index contributed by atoms with van der Waals surface area (Å²) in [5.41, 5.74) is 0.975. The minimum Gasteiger partial charge on any atom is -0.476 e. The first-order valence-electron chi connectivity index (χ1n) is 7.41. The van der Waals surface area contributed by atoms with E-state index in [2.05, 4.69) is 4.98 Å². The maximum atomic E-state index is 11.4. The summed E-state index contributed by atoms with van der Waals surface area (Å²) in [6, 6.07) is 1.56. The zero-order chi connectivity index (χ0) is 17.7. The molecule has 0 aliphatic carbocycles. The van der Waals surface area contributed by atoms with E-state index in [9.17, 15) is 14.9 Å². The van der Waals surface area contributed by atoms with Crippen molar-refractivity contribution >= 4 is 11.8 Å². The van der Waals surface area contributed by atoms with Crippen molar-refractivity contribution in [2.24, 2.45) is 0 Å². The van der Waals surface area contributed by atoms with Crippen LogP contribution >= 0.6 is 0 Å². The number of pyridine rings is 1. The van der Waals surface area contributed by atoms with Crippen molar-refractivity contribution in [2.75, 3.05) is 20.2 Å². The van der Waals surface area contributed by atoms with Crippen molar-refractivity contribution in [2.45, 2.75) is 39.5 Å². The van der Waals surface area contributed by atoms with E-state index in [1.165, 1.54) is 7.05 Å². The predicted octanol–water partition coefficient (Wildman–Crippen LogP) is 3.23. The topological polar surface area (TPSA) is 106 Å². The highest BCUT2D eigenvalue weighted by Crippen LogP contribution is 2.35. The molecule has 0 saturated carbocycles. The monoisotopic (exact) mass is 325 g/mol. The van der Waals surface area contributed by atoms with Gasteiger partial charge in [-0.1, -0.05) is 27.7 Å². The SMILES string of the molecule is CC(C)c1cc(OCCN(C)C(=O)O)nc(C(C)C)c1[N+](=O)[O-]. The third-order valence-corrected chi connectivity index (χ3v) is 3.38. The zero-order valence-corrected chi connectivity index (χ0v) is 14.1. The van der Waals surface area contributed by atoms with E-state index in [1.807, 2.05) is 27.7 Å². The Labute approximate surface area is 135 Å². The highest BCUT2D eigenvalue weighted by Gasteiger charge is 2.26. The third-order valence-electron chi connectivity index (χ3n) is 3.38. The highest BCUT2D eigenvalue weighted by molar-refractivity contribution is 5.64. The molecule has 1 heterocycles. The number of carbonyl (C=O) groups is 1. The first kappa shape index (κ1) is 18.7. The molecule has 0 aliphatic heterocycles. The normalized spacial score (nSPS) is 10.9. The Morgan fingerprint density at radius 3 is 2.43 bits per heavy atom. The van der Waals surface area contributed by atoms with E-state index < -0.39 is 11.0 Å². The van der Waals surface area contributed by atoms with Gasteiger partial charge in [-0.15, -0.1) is 0 Å². The van der Waals surface area contributed by atoms with Gasteiger partial charge in [0.1, 0.15) is 12.3 Å². The number of likely N-dealkylation sites (N-methyl/N-ethyl adjacent to an activating group) is 1. The third kappa shape index (κ3) is 4.80. The molecule has 1 rings (SSSR count). The molecule has 0 bridgehead atoms. The minimum absolute atomic E-state index is 0.0324. The van der Waals surface area contributed by atoms with Crippen molar-refractivity contribution in [1.82, 2.24) is 9.88 Å². The van der Waals surface area contributed by atoms with Crippen LogP contribution in [0.4, 0.5) is 10.5 Å². The second-order valence-electron chi connectivity index (χ2n) is 5.90. The summed E-state index contributed by atoms with van der Waals surface area (Å²) in [4.78, 5) is 27.1. The first-order chi connectivity index (χ1) is 10.6. The molecule has 128 valence electrons. The molecule has 0 unspecified atom stereocenters. The largest absolute Gasteiger partial charge is 0.476 e. The smallest absolute Gasteiger partial charge is 0.407 e. The Morgan fingerprint density at radius 1 is 1.39 bits per heavy atom. The van der Waals surface area contributed by atoms with E-state index in [0.29, 0.717) is 11.3 Å². The van der Waals surface area contributed by atoms with Crippen LogP contribution in [0.15, 0.2) is 6.07 Å². The average molecular weight is 325 g/mol. The lowest BCUT2D eigenvalue weighted by molar-refractivity contribution is -0.386. The Morgan fingerprint density at radius 2 is 2.00 bits per heavy atom. The number of ether oxygens (including phenoxy) is 1. The van der Waals surface area contributed by atoms with Crippen molar-refractivity contribution in [3.63, 3.8) is 0 Å². The van der Waals surface area contributed by atoms with Crippen LogP contribution in [0.3, 0.4) is 0 Å². The van der Waals surface area contributed by atoms with Crippen LogP contribution in [-0.2, 0) is 0 Å². The van der Waals surface area contributed by atoms with Gasteiger partial charge in [-0.2, -0.15) is 0 Å². The maximum absolute atomic E-state index is 11.4. The number of nitro groups is 1. The number of nitrogens with zero attached hydrogens (tertiary/aromatic N) is 3. The molecule has 0 atom stereocenters. The highest BCUT2D eigenvalue weighted by atomic mass is 16.6. The standard InChI is InChI=1S/C15H23N3O5/c1-9(2)11-8-12(23-7-6-17(5)15(19)20)16-13(10(3)4)14(11)18(21)22/h8-10H,6-7H2,1-5H3,(H,19,20). The molecule has 0 aliphatic rings. The first-order valence-corrected chi connectivity index (χ1v) is 7.41. The van der Waals surface area contributed by atoms with Crippen molar-refractivity contribution in [1.29, 1.82) is 0 Å². The van der Waals surface area contributed by atoms with Gasteiger partial charge in [-0.25, -0.2) is 9.78 Å². The molecule has 0 radical (unpaired) electrons. The van der Waals surface area contributed by atoms with E-state index >= 15 is 0 Å². The van der Waals surface area contributed by atoms with Gasteiger partial charge in [0, 0.05) is 24.6 Å². The number of hydrogen-bond acceptors (Lipinski definition) is 5. The summed E-state index contributed by atoms with van der Waals surface area (Å²) in [5.74, 6) is 0.0971. The summed E-state index contributed by atoms with van der Waals surface area (Å²) in [6.07, 6.45) is -1.05. The molecule has 1 amide bonds. The molecule has 1 N–H and O–H groups in total. The molecule has 8 nitrogen and oxygen atoms in total. The molecule has 0 spiro atoms. The van der Waals surface area contributed by atoms with Crippen LogP contribution in [0.2, 0.25) is 0 Å². The summed E-state index contributed by atoms with van der Waals surface area (Å²) >= 11 is 0. The molecular weight excluding hydrogens is 302 g/mol. The fourth-order valence-electron chi connectivity index (χ4n) is 2.05. The maximum Gasteiger partial charge on any atom is 0.407 e. The van der Waals surface area contributed by atoms with Crippen LogP contribution in [0.25, 0.3) is 0 Å². The van der Waals surface area contributed by atoms with Gasteiger partial charge < -0.3 is 14.7 Å². The number of aromatic nitrogens is 1. The van der Waals surface area contributed by atoms with E-state index in [-0.39, 0.29) is 36.6 Å². The van der Waals surface area contributed by atoms with E-state index in [4.69, 9.17) is 9.84 Å². The number of amides is 1. The molecular formula is C15H23N3O5. The van der Waals surface area contributed by atoms with Crippen LogP contribution < -0.4 is 4.74 Å². The molecule has 0 fully saturated rings. The Bertz CT molecular complexity index is 557. The second kappa shape index (κ2) is 7.75. The molecule has 1 aromatic heterocycles. The Hall–Kier alpha value is -2.38. The van der Waals surface area contributed by atoms with Crippen molar-refractivity contribution in [3.05, 3.63) is 27.4 Å². The average Bonchev–Trinajstić information content (AvgIpc) is 2.45. The van der Waals surface area contributed by atoms with Gasteiger partial charge in [-0.05, 0) is 5.92 Å². The van der Waals surface area contributed by atoms with Gasteiger partial charge in [0.25, 0.3) is 5.69 Å². The second-order valence-corrected chi connectivity index (χ2v) is 5.90. The lowest BCUT2D eigenvalue weighted by Gasteiger charge is -2.16. The van der Waals surface area contributed by atoms with E-state index in [1.54, 1.807) is 6.07 Å². The summed E-state index contributed by atoms with van der Waals surface area (Å²) in [5, 5.41) is 20.2. The van der Waals surface area contributed by atoms with Crippen LogP contribution in [0.1, 0.15) is 50.8 Å². The fraction of sp³-hybridized carbons (Fsp3) is 0.600.